The van der Waals surface area contributed by atoms with Crippen molar-refractivity contribution in [2.45, 2.75) is 45.6 Å². The Morgan fingerprint density at radius 1 is 1.09 bits per heavy atom. The van der Waals surface area contributed by atoms with E-state index in [2.05, 4.69) is 11.8 Å². The van der Waals surface area contributed by atoms with Gasteiger partial charge in [0, 0.05) is 36.4 Å². The number of piperazine rings is 1. The first kappa shape index (κ1) is 25.5. The van der Waals surface area contributed by atoms with Crippen LogP contribution in [0.4, 0.5) is 23.7 Å². The molecule has 0 aromatic heterocycles. The van der Waals surface area contributed by atoms with Crippen LogP contribution in [0.2, 0.25) is 0 Å². The first-order chi connectivity index (χ1) is 16.0. The number of halogens is 3. The van der Waals surface area contributed by atoms with Crippen molar-refractivity contribution in [2.75, 3.05) is 24.5 Å². The predicted molar refractivity (Wildman–Crippen MR) is 122 cm³/mol. The van der Waals surface area contributed by atoms with Gasteiger partial charge in [-0.2, -0.15) is 13.2 Å². The standard InChI is InChI=1S/C24H29F3N4O3/c1-4-30-16(2)13-29(14-17(30)3)23(33)31(21-7-5-6-20(12-21)24(25,26)27)15-18-8-10-19(11-9-18)22(32)28-34/h5-12,16-17,34H,4,13-15H2,1-3H3,(H,28,32)/t16-,17+. The second-order valence-electron chi connectivity index (χ2n) is 8.49. The Kier molecular flexibility index (Phi) is 7.83. The first-order valence-corrected chi connectivity index (χ1v) is 11.1. The number of nitrogens with one attached hydrogen (secondary N) is 1. The number of benzene rings is 2. The minimum Gasteiger partial charge on any atom is -0.321 e. The van der Waals surface area contributed by atoms with E-state index < -0.39 is 17.6 Å². The van der Waals surface area contributed by atoms with Crippen LogP contribution in [-0.4, -0.2) is 58.7 Å². The topological polar surface area (TPSA) is 76.1 Å². The fraction of sp³-hybridized carbons (Fsp3) is 0.417. The third-order valence-corrected chi connectivity index (χ3v) is 6.11. The van der Waals surface area contributed by atoms with Crippen LogP contribution in [0, 0.1) is 0 Å². The number of nitrogens with zero attached hydrogens (tertiary/aromatic N) is 3. The molecule has 0 bridgehead atoms. The molecule has 1 heterocycles. The zero-order chi connectivity index (χ0) is 25.0. The molecule has 0 saturated carbocycles. The van der Waals surface area contributed by atoms with Crippen LogP contribution in [0.15, 0.2) is 48.5 Å². The summed E-state index contributed by atoms with van der Waals surface area (Å²) in [6.07, 6.45) is -4.54. The van der Waals surface area contributed by atoms with Crippen molar-refractivity contribution in [3.63, 3.8) is 0 Å². The molecule has 0 radical (unpaired) electrons. The molecule has 1 aliphatic rings. The lowest BCUT2D eigenvalue weighted by Gasteiger charge is -2.45. The molecule has 1 fully saturated rings. The fourth-order valence-electron chi connectivity index (χ4n) is 4.43. The maximum absolute atomic E-state index is 13.6. The Hall–Kier alpha value is -3.11. The van der Waals surface area contributed by atoms with Crippen molar-refractivity contribution in [3.8, 4) is 0 Å². The van der Waals surface area contributed by atoms with Crippen molar-refractivity contribution < 1.29 is 28.0 Å². The number of amides is 3. The maximum Gasteiger partial charge on any atom is 0.416 e. The van der Waals surface area contributed by atoms with Gasteiger partial charge in [0.2, 0.25) is 0 Å². The molecule has 0 aliphatic carbocycles. The second-order valence-corrected chi connectivity index (χ2v) is 8.49. The van der Waals surface area contributed by atoms with Gasteiger partial charge in [-0.15, -0.1) is 0 Å². The molecule has 2 aromatic carbocycles. The van der Waals surface area contributed by atoms with E-state index in [1.54, 1.807) is 22.5 Å². The molecule has 2 aromatic rings. The van der Waals surface area contributed by atoms with Crippen molar-refractivity contribution in [1.29, 1.82) is 0 Å². The maximum atomic E-state index is 13.6. The van der Waals surface area contributed by atoms with E-state index in [0.29, 0.717) is 18.7 Å². The Labute approximate surface area is 196 Å². The van der Waals surface area contributed by atoms with E-state index in [9.17, 15) is 22.8 Å². The average molecular weight is 479 g/mol. The normalized spacial score (nSPS) is 19.1. The summed E-state index contributed by atoms with van der Waals surface area (Å²) >= 11 is 0. The summed E-state index contributed by atoms with van der Waals surface area (Å²) in [5.41, 5.74) is 1.67. The van der Waals surface area contributed by atoms with Gasteiger partial charge in [-0.3, -0.25) is 19.8 Å². The van der Waals surface area contributed by atoms with E-state index >= 15 is 0 Å². The number of urea groups is 1. The molecule has 2 N–H and O–H groups in total. The number of rotatable bonds is 5. The van der Waals surface area contributed by atoms with Crippen LogP contribution in [0.1, 0.15) is 42.3 Å². The zero-order valence-corrected chi connectivity index (χ0v) is 19.3. The highest BCUT2D eigenvalue weighted by Crippen LogP contribution is 2.32. The summed E-state index contributed by atoms with van der Waals surface area (Å²) in [4.78, 5) is 30.5. The van der Waals surface area contributed by atoms with Crippen LogP contribution in [0.5, 0.6) is 0 Å². The van der Waals surface area contributed by atoms with Crippen LogP contribution in [0.3, 0.4) is 0 Å². The summed E-state index contributed by atoms with van der Waals surface area (Å²) in [7, 11) is 0. The third kappa shape index (κ3) is 5.68. The molecule has 0 spiro atoms. The van der Waals surface area contributed by atoms with Gasteiger partial charge in [-0.25, -0.2) is 10.3 Å². The Bertz CT molecular complexity index is 1000. The number of likely N-dealkylation sites (N-methyl/N-ethyl adjacent to an activating group) is 1. The second kappa shape index (κ2) is 10.4. The molecule has 10 heteroatoms. The highest BCUT2D eigenvalue weighted by atomic mass is 19.4. The average Bonchev–Trinajstić information content (AvgIpc) is 2.81. The van der Waals surface area contributed by atoms with Gasteiger partial charge in [0.15, 0.2) is 0 Å². The minimum atomic E-state index is -4.54. The SMILES string of the molecule is CCN1[C@H](C)CN(C(=O)N(Cc2ccc(C(=O)NO)cc2)c2cccc(C(F)(F)F)c2)C[C@@H]1C. The van der Waals surface area contributed by atoms with Gasteiger partial charge in [-0.1, -0.05) is 25.1 Å². The van der Waals surface area contributed by atoms with E-state index in [4.69, 9.17) is 5.21 Å². The van der Waals surface area contributed by atoms with E-state index in [-0.39, 0.29) is 35.9 Å². The monoisotopic (exact) mass is 478 g/mol. The van der Waals surface area contributed by atoms with Crippen molar-refractivity contribution in [2.24, 2.45) is 0 Å². The fourth-order valence-corrected chi connectivity index (χ4v) is 4.43. The van der Waals surface area contributed by atoms with Crippen LogP contribution < -0.4 is 10.4 Å². The van der Waals surface area contributed by atoms with Gasteiger partial charge < -0.3 is 4.90 Å². The van der Waals surface area contributed by atoms with Crippen LogP contribution in [-0.2, 0) is 12.7 Å². The highest BCUT2D eigenvalue weighted by Gasteiger charge is 2.35. The lowest BCUT2D eigenvalue weighted by molar-refractivity contribution is -0.137. The van der Waals surface area contributed by atoms with Crippen LogP contribution >= 0.6 is 0 Å². The number of hydrogen-bond acceptors (Lipinski definition) is 4. The molecule has 34 heavy (non-hydrogen) atoms. The Morgan fingerprint density at radius 3 is 2.24 bits per heavy atom. The molecule has 3 amide bonds. The Balaban J connectivity index is 1.94. The van der Waals surface area contributed by atoms with Gasteiger partial charge in [-0.05, 0) is 56.3 Å². The van der Waals surface area contributed by atoms with Gasteiger partial charge in [0.05, 0.1) is 12.1 Å². The molecule has 1 aliphatic heterocycles. The quantitative estimate of drug-likeness (QED) is 0.495. The number of alkyl halides is 3. The number of carbonyl (C=O) groups is 2. The number of hydrogen-bond donors (Lipinski definition) is 2. The first-order valence-electron chi connectivity index (χ1n) is 11.1. The largest absolute Gasteiger partial charge is 0.416 e. The molecule has 1 saturated heterocycles. The summed E-state index contributed by atoms with van der Waals surface area (Å²) < 4.78 is 40.1. The lowest BCUT2D eigenvalue weighted by atomic mass is 10.1. The smallest absolute Gasteiger partial charge is 0.321 e. The summed E-state index contributed by atoms with van der Waals surface area (Å²) in [5.74, 6) is -0.686. The minimum absolute atomic E-state index is 0.0118. The predicted octanol–water partition coefficient (Wildman–Crippen LogP) is 4.37. The molecule has 2 atom stereocenters. The van der Waals surface area contributed by atoms with Crippen molar-refractivity contribution in [3.05, 3.63) is 65.2 Å². The summed E-state index contributed by atoms with van der Waals surface area (Å²) in [5, 5.41) is 8.79. The highest BCUT2D eigenvalue weighted by molar-refractivity contribution is 5.94. The molecular formula is C24H29F3N4O3. The van der Waals surface area contributed by atoms with Crippen LogP contribution in [0.25, 0.3) is 0 Å². The van der Waals surface area contributed by atoms with Crippen molar-refractivity contribution >= 4 is 17.6 Å². The van der Waals surface area contributed by atoms with Gasteiger partial charge >= 0.3 is 12.2 Å². The van der Waals surface area contributed by atoms with E-state index in [1.807, 2.05) is 13.8 Å². The summed E-state index contributed by atoms with van der Waals surface area (Å²) in [6, 6.07) is 10.7. The molecule has 7 nitrogen and oxygen atoms in total. The number of carbonyl (C=O) groups excluding carboxylic acids is 2. The Morgan fingerprint density at radius 2 is 1.71 bits per heavy atom. The molecule has 0 unspecified atom stereocenters. The number of anilines is 1. The molecular weight excluding hydrogens is 449 g/mol. The van der Waals surface area contributed by atoms with E-state index in [0.717, 1.165) is 18.7 Å². The molecule has 3 rings (SSSR count). The van der Waals surface area contributed by atoms with Gasteiger partial charge in [0.1, 0.15) is 0 Å². The van der Waals surface area contributed by atoms with Crippen molar-refractivity contribution in [1.82, 2.24) is 15.3 Å². The zero-order valence-electron chi connectivity index (χ0n) is 19.3. The van der Waals surface area contributed by atoms with E-state index in [1.165, 1.54) is 29.2 Å². The molecule has 184 valence electrons. The summed E-state index contributed by atoms with van der Waals surface area (Å²) in [6.45, 7) is 7.88. The lowest BCUT2D eigenvalue weighted by Crippen LogP contribution is -2.60. The third-order valence-electron chi connectivity index (χ3n) is 6.11. The number of hydroxylamine groups is 1. The van der Waals surface area contributed by atoms with Gasteiger partial charge in [0.25, 0.3) is 5.91 Å².